The molecule has 25 heavy (non-hydrogen) atoms. The van der Waals surface area contributed by atoms with Crippen molar-refractivity contribution in [1.29, 1.82) is 0 Å². The van der Waals surface area contributed by atoms with Crippen LogP contribution >= 0.6 is 0 Å². The average Bonchev–Trinajstić information content (AvgIpc) is 3.06. The molecule has 2 aromatic carbocycles. The number of hydrogen-bond donors (Lipinski definition) is 1. The minimum Gasteiger partial charge on any atom is -0.496 e. The zero-order chi connectivity index (χ0) is 18.0. The zero-order valence-electron chi connectivity index (χ0n) is 13.1. The van der Waals surface area contributed by atoms with E-state index in [1.54, 1.807) is 18.2 Å². The lowest BCUT2D eigenvalue weighted by atomic mass is 10.1. The maximum atomic E-state index is 12.7. The summed E-state index contributed by atoms with van der Waals surface area (Å²) in [4.78, 5) is 12.3. The maximum Gasteiger partial charge on any atom is 0.416 e. The molecule has 2 aromatic rings. The van der Waals surface area contributed by atoms with E-state index in [0.29, 0.717) is 11.5 Å². The normalized spacial score (nSPS) is 12.8. The number of amides is 1. The minimum absolute atomic E-state index is 0.0243. The van der Waals surface area contributed by atoms with Crippen LogP contribution in [-0.2, 0) is 12.7 Å². The van der Waals surface area contributed by atoms with E-state index < -0.39 is 17.6 Å². The van der Waals surface area contributed by atoms with Crippen LogP contribution in [0.1, 0.15) is 21.5 Å². The molecule has 0 fully saturated rings. The van der Waals surface area contributed by atoms with Gasteiger partial charge in [0.05, 0.1) is 18.2 Å². The number of ether oxygens (including phenoxy) is 3. The third-order valence-electron chi connectivity index (χ3n) is 3.66. The Kier molecular flexibility index (Phi) is 4.43. The van der Waals surface area contributed by atoms with Crippen LogP contribution in [0.15, 0.2) is 36.4 Å². The molecule has 1 amide bonds. The molecule has 8 heteroatoms. The molecule has 0 unspecified atom stereocenters. The summed E-state index contributed by atoms with van der Waals surface area (Å²) >= 11 is 0. The fourth-order valence-corrected chi connectivity index (χ4v) is 2.38. The lowest BCUT2D eigenvalue weighted by molar-refractivity contribution is -0.137. The van der Waals surface area contributed by atoms with E-state index in [1.165, 1.54) is 7.11 Å². The Balaban J connectivity index is 1.73. The second-order valence-electron chi connectivity index (χ2n) is 5.28. The Labute approximate surface area is 141 Å². The predicted octanol–water partition coefficient (Wildman–Crippen LogP) is 3.37. The molecule has 1 aliphatic heterocycles. The summed E-state index contributed by atoms with van der Waals surface area (Å²) in [5.41, 5.74) is -0.0867. The number of methoxy groups -OCH3 is 1. The Morgan fingerprint density at radius 1 is 1.16 bits per heavy atom. The fraction of sp³-hybridized carbons (Fsp3) is 0.235. The van der Waals surface area contributed by atoms with Crippen molar-refractivity contribution in [2.45, 2.75) is 12.7 Å². The summed E-state index contributed by atoms with van der Waals surface area (Å²) < 4.78 is 53.6. The van der Waals surface area contributed by atoms with Gasteiger partial charge in [-0.25, -0.2) is 0 Å². The quantitative estimate of drug-likeness (QED) is 0.916. The highest BCUT2D eigenvalue weighted by molar-refractivity contribution is 5.97. The van der Waals surface area contributed by atoms with Crippen LogP contribution in [-0.4, -0.2) is 19.8 Å². The van der Waals surface area contributed by atoms with E-state index in [-0.39, 0.29) is 24.7 Å². The number of rotatable bonds is 4. The summed E-state index contributed by atoms with van der Waals surface area (Å²) in [5, 5.41) is 2.64. The van der Waals surface area contributed by atoms with Crippen LogP contribution in [0.2, 0.25) is 0 Å². The van der Waals surface area contributed by atoms with Gasteiger partial charge in [-0.1, -0.05) is 6.07 Å². The number of carbonyl (C=O) groups is 1. The van der Waals surface area contributed by atoms with Crippen molar-refractivity contribution in [2.24, 2.45) is 0 Å². The van der Waals surface area contributed by atoms with Crippen LogP contribution in [0.5, 0.6) is 17.2 Å². The average molecular weight is 353 g/mol. The van der Waals surface area contributed by atoms with Gasteiger partial charge in [-0.2, -0.15) is 13.2 Å². The van der Waals surface area contributed by atoms with Crippen molar-refractivity contribution in [2.75, 3.05) is 13.9 Å². The first-order valence-corrected chi connectivity index (χ1v) is 7.30. The first kappa shape index (κ1) is 16.9. The second kappa shape index (κ2) is 6.54. The van der Waals surface area contributed by atoms with Gasteiger partial charge < -0.3 is 19.5 Å². The molecule has 0 saturated heterocycles. The summed E-state index contributed by atoms with van der Waals surface area (Å²) in [5.74, 6) is 0.527. The monoisotopic (exact) mass is 353 g/mol. The predicted molar refractivity (Wildman–Crippen MR) is 81.7 cm³/mol. The number of fused-ring (bicyclic) bond motifs is 1. The number of benzene rings is 2. The lowest BCUT2D eigenvalue weighted by Crippen LogP contribution is -2.23. The van der Waals surface area contributed by atoms with Gasteiger partial charge in [0.15, 0.2) is 11.5 Å². The lowest BCUT2D eigenvalue weighted by Gasteiger charge is -2.13. The molecule has 1 N–H and O–H groups in total. The van der Waals surface area contributed by atoms with E-state index >= 15 is 0 Å². The molecule has 0 aliphatic carbocycles. The van der Waals surface area contributed by atoms with Crippen molar-refractivity contribution < 1.29 is 32.2 Å². The minimum atomic E-state index is -4.51. The van der Waals surface area contributed by atoms with E-state index in [0.717, 1.165) is 23.8 Å². The van der Waals surface area contributed by atoms with Gasteiger partial charge in [-0.15, -0.1) is 0 Å². The molecule has 1 aliphatic rings. The highest BCUT2D eigenvalue weighted by Gasteiger charge is 2.31. The van der Waals surface area contributed by atoms with Crippen LogP contribution < -0.4 is 19.5 Å². The Bertz CT molecular complexity index is 805. The Morgan fingerprint density at radius 3 is 2.64 bits per heavy atom. The maximum absolute atomic E-state index is 12.7. The molecule has 0 spiro atoms. The standard InChI is InChI=1S/C17H14F3NO4/c1-23-14-7-11(17(18,19)20)3-4-12(14)16(22)21-8-10-2-5-13-15(6-10)25-9-24-13/h2-7H,8-9H2,1H3,(H,21,22). The Hall–Kier alpha value is -2.90. The van der Waals surface area contributed by atoms with Gasteiger partial charge in [0.1, 0.15) is 5.75 Å². The molecule has 1 heterocycles. The second-order valence-corrected chi connectivity index (χ2v) is 5.28. The topological polar surface area (TPSA) is 56.8 Å². The molecule has 0 radical (unpaired) electrons. The summed E-state index contributed by atoms with van der Waals surface area (Å²) in [6.45, 7) is 0.327. The molecular formula is C17H14F3NO4. The molecule has 0 aromatic heterocycles. The van der Waals surface area contributed by atoms with Crippen molar-refractivity contribution in [3.8, 4) is 17.2 Å². The molecular weight excluding hydrogens is 339 g/mol. The van der Waals surface area contributed by atoms with E-state index in [1.807, 2.05) is 0 Å². The third-order valence-corrected chi connectivity index (χ3v) is 3.66. The van der Waals surface area contributed by atoms with Crippen LogP contribution in [0.3, 0.4) is 0 Å². The first-order valence-electron chi connectivity index (χ1n) is 7.30. The smallest absolute Gasteiger partial charge is 0.416 e. The largest absolute Gasteiger partial charge is 0.496 e. The van der Waals surface area contributed by atoms with Crippen LogP contribution in [0.4, 0.5) is 13.2 Å². The highest BCUT2D eigenvalue weighted by Crippen LogP contribution is 2.34. The molecule has 5 nitrogen and oxygen atoms in total. The van der Waals surface area contributed by atoms with E-state index in [4.69, 9.17) is 14.2 Å². The van der Waals surface area contributed by atoms with Gasteiger partial charge in [0.25, 0.3) is 5.91 Å². The number of hydrogen-bond acceptors (Lipinski definition) is 4. The number of carbonyl (C=O) groups excluding carboxylic acids is 1. The fourth-order valence-electron chi connectivity index (χ4n) is 2.38. The number of halogens is 3. The van der Waals surface area contributed by atoms with Gasteiger partial charge >= 0.3 is 6.18 Å². The summed E-state index contributed by atoms with van der Waals surface area (Å²) in [6.07, 6.45) is -4.51. The van der Waals surface area contributed by atoms with E-state index in [9.17, 15) is 18.0 Å². The van der Waals surface area contributed by atoms with Crippen molar-refractivity contribution in [1.82, 2.24) is 5.32 Å². The van der Waals surface area contributed by atoms with Crippen molar-refractivity contribution in [3.05, 3.63) is 53.1 Å². The van der Waals surface area contributed by atoms with E-state index in [2.05, 4.69) is 5.32 Å². The van der Waals surface area contributed by atoms with Gasteiger partial charge in [-0.05, 0) is 35.9 Å². The van der Waals surface area contributed by atoms with Crippen molar-refractivity contribution in [3.63, 3.8) is 0 Å². The molecule has 0 saturated carbocycles. The van der Waals surface area contributed by atoms with Crippen molar-refractivity contribution >= 4 is 5.91 Å². The zero-order valence-corrected chi connectivity index (χ0v) is 13.1. The molecule has 0 bridgehead atoms. The third kappa shape index (κ3) is 3.62. The SMILES string of the molecule is COc1cc(C(F)(F)F)ccc1C(=O)NCc1ccc2c(c1)OCO2. The van der Waals surface area contributed by atoms with Gasteiger partial charge in [0, 0.05) is 6.54 Å². The first-order chi connectivity index (χ1) is 11.9. The highest BCUT2D eigenvalue weighted by atomic mass is 19.4. The molecule has 132 valence electrons. The van der Waals surface area contributed by atoms with Gasteiger partial charge in [0.2, 0.25) is 6.79 Å². The summed E-state index contributed by atoms with van der Waals surface area (Å²) in [6, 6.07) is 7.96. The Morgan fingerprint density at radius 2 is 1.92 bits per heavy atom. The number of alkyl halides is 3. The molecule has 0 atom stereocenters. The van der Waals surface area contributed by atoms with Gasteiger partial charge in [-0.3, -0.25) is 4.79 Å². The number of nitrogens with one attached hydrogen (secondary N) is 1. The summed E-state index contributed by atoms with van der Waals surface area (Å²) in [7, 11) is 1.21. The van der Waals surface area contributed by atoms with Crippen LogP contribution in [0.25, 0.3) is 0 Å². The molecule has 3 rings (SSSR count). The van der Waals surface area contributed by atoms with Crippen LogP contribution in [0, 0.1) is 0 Å².